The summed E-state index contributed by atoms with van der Waals surface area (Å²) < 4.78 is 40.9. The van der Waals surface area contributed by atoms with E-state index in [1.807, 2.05) is 13.8 Å². The van der Waals surface area contributed by atoms with Crippen LogP contribution in [-0.2, 0) is 10.0 Å². The molecule has 1 amide bonds. The zero-order valence-corrected chi connectivity index (χ0v) is 15.2. The Morgan fingerprint density at radius 1 is 1.38 bits per heavy atom. The summed E-state index contributed by atoms with van der Waals surface area (Å²) in [6.07, 6.45) is 2.27. The number of rotatable bonds is 5. The molecule has 1 atom stereocenters. The number of carbonyl (C=O) groups is 1. The molecule has 0 aliphatic carbocycles. The van der Waals surface area contributed by atoms with Crippen LogP contribution >= 0.6 is 0 Å². The van der Waals surface area contributed by atoms with Gasteiger partial charge in [0.1, 0.15) is 10.7 Å². The number of benzene rings is 1. The molecule has 2 rings (SSSR count). The molecule has 1 heterocycles. The SMILES string of the molecule is CCC(C)NC(=O)c1ccc(F)c(S(=O)(=O)N2CCC(C)CC2)c1. The fraction of sp³-hybridized carbons (Fsp3) is 0.588. The largest absolute Gasteiger partial charge is 0.350 e. The summed E-state index contributed by atoms with van der Waals surface area (Å²) in [5.74, 6) is -0.754. The molecule has 134 valence electrons. The molecule has 1 aliphatic rings. The molecular weight excluding hydrogens is 331 g/mol. The van der Waals surface area contributed by atoms with Crippen LogP contribution in [-0.4, -0.2) is 37.8 Å². The van der Waals surface area contributed by atoms with Crippen molar-refractivity contribution >= 4 is 15.9 Å². The molecule has 5 nitrogen and oxygen atoms in total. The van der Waals surface area contributed by atoms with Crippen LogP contribution in [0.1, 0.15) is 50.4 Å². The van der Waals surface area contributed by atoms with Gasteiger partial charge in [-0.2, -0.15) is 4.31 Å². The predicted octanol–water partition coefficient (Wildman–Crippen LogP) is 2.77. The van der Waals surface area contributed by atoms with E-state index in [9.17, 15) is 17.6 Å². The first-order chi connectivity index (χ1) is 11.3. The number of piperidine rings is 1. The highest BCUT2D eigenvalue weighted by Crippen LogP contribution is 2.25. The Balaban J connectivity index is 2.29. The van der Waals surface area contributed by atoms with Gasteiger partial charge in [-0.25, -0.2) is 12.8 Å². The number of carbonyl (C=O) groups excluding carboxylic acids is 1. The Morgan fingerprint density at radius 2 is 2.00 bits per heavy atom. The molecule has 1 aliphatic heterocycles. The Bertz CT molecular complexity index is 698. The molecule has 1 aromatic carbocycles. The maximum atomic E-state index is 14.2. The Morgan fingerprint density at radius 3 is 2.58 bits per heavy atom. The minimum absolute atomic E-state index is 0.0359. The van der Waals surface area contributed by atoms with Gasteiger partial charge in [0.25, 0.3) is 5.91 Å². The Kier molecular flexibility index (Phi) is 5.98. The van der Waals surface area contributed by atoms with Gasteiger partial charge in [0, 0.05) is 24.7 Å². The fourth-order valence-electron chi connectivity index (χ4n) is 2.62. The lowest BCUT2D eigenvalue weighted by Crippen LogP contribution is -2.38. The molecule has 0 radical (unpaired) electrons. The standard InChI is InChI=1S/C17H25FN2O3S/c1-4-13(3)19-17(21)14-5-6-15(18)16(11-14)24(22,23)20-9-7-12(2)8-10-20/h5-6,11-13H,4,7-10H2,1-3H3,(H,19,21). The van der Waals surface area contributed by atoms with E-state index in [1.54, 1.807) is 0 Å². The number of nitrogens with one attached hydrogen (secondary N) is 1. The Hall–Kier alpha value is -1.47. The number of nitrogens with zero attached hydrogens (tertiary/aromatic N) is 1. The van der Waals surface area contributed by atoms with E-state index in [1.165, 1.54) is 10.4 Å². The van der Waals surface area contributed by atoms with Crippen LogP contribution in [0.4, 0.5) is 4.39 Å². The van der Waals surface area contributed by atoms with E-state index in [0.29, 0.717) is 19.0 Å². The molecule has 7 heteroatoms. The molecular formula is C17H25FN2O3S. The van der Waals surface area contributed by atoms with Crippen LogP contribution in [0.2, 0.25) is 0 Å². The van der Waals surface area contributed by atoms with Crippen molar-refractivity contribution < 1.29 is 17.6 Å². The number of sulfonamides is 1. The van der Waals surface area contributed by atoms with Crippen molar-refractivity contribution in [2.24, 2.45) is 5.92 Å². The van der Waals surface area contributed by atoms with Crippen LogP contribution in [0, 0.1) is 11.7 Å². The highest BCUT2D eigenvalue weighted by molar-refractivity contribution is 7.89. The van der Waals surface area contributed by atoms with Crippen molar-refractivity contribution in [3.05, 3.63) is 29.6 Å². The second-order valence-corrected chi connectivity index (χ2v) is 8.42. The van der Waals surface area contributed by atoms with Crippen LogP contribution in [0.3, 0.4) is 0 Å². The molecule has 0 bridgehead atoms. The zero-order chi connectivity index (χ0) is 17.9. The minimum Gasteiger partial charge on any atom is -0.350 e. The van der Waals surface area contributed by atoms with Gasteiger partial charge in [-0.05, 0) is 50.3 Å². The highest BCUT2D eigenvalue weighted by atomic mass is 32.2. The second kappa shape index (κ2) is 7.61. The summed E-state index contributed by atoms with van der Waals surface area (Å²) in [5, 5.41) is 2.76. The lowest BCUT2D eigenvalue weighted by atomic mass is 10.0. The summed E-state index contributed by atoms with van der Waals surface area (Å²) in [6.45, 7) is 6.62. The highest BCUT2D eigenvalue weighted by Gasteiger charge is 2.31. The van der Waals surface area contributed by atoms with Gasteiger partial charge in [-0.1, -0.05) is 13.8 Å². The molecule has 1 N–H and O–H groups in total. The van der Waals surface area contributed by atoms with Gasteiger partial charge < -0.3 is 5.32 Å². The summed E-state index contributed by atoms with van der Waals surface area (Å²) in [4.78, 5) is 11.8. The molecule has 0 saturated carbocycles. The van der Waals surface area contributed by atoms with Crippen molar-refractivity contribution in [3.8, 4) is 0 Å². The lowest BCUT2D eigenvalue weighted by Gasteiger charge is -2.29. The summed E-state index contributed by atoms with van der Waals surface area (Å²) in [6, 6.07) is 3.46. The molecule has 1 unspecified atom stereocenters. The molecule has 0 aromatic heterocycles. The number of hydrogen-bond donors (Lipinski definition) is 1. The third-order valence-corrected chi connectivity index (χ3v) is 6.46. The quantitative estimate of drug-likeness (QED) is 0.882. The first-order valence-electron chi connectivity index (χ1n) is 8.36. The van der Waals surface area contributed by atoms with E-state index in [0.717, 1.165) is 31.4 Å². The van der Waals surface area contributed by atoms with Gasteiger partial charge in [0.2, 0.25) is 10.0 Å². The molecule has 0 spiro atoms. The number of hydrogen-bond acceptors (Lipinski definition) is 3. The summed E-state index contributed by atoms with van der Waals surface area (Å²) in [5.41, 5.74) is 0.153. The average Bonchev–Trinajstić information content (AvgIpc) is 2.55. The van der Waals surface area contributed by atoms with Crippen molar-refractivity contribution in [1.29, 1.82) is 0 Å². The minimum atomic E-state index is -3.93. The topological polar surface area (TPSA) is 66.5 Å². The van der Waals surface area contributed by atoms with Gasteiger partial charge in [-0.15, -0.1) is 0 Å². The Labute approximate surface area is 143 Å². The van der Waals surface area contributed by atoms with Gasteiger partial charge in [-0.3, -0.25) is 4.79 Å². The van der Waals surface area contributed by atoms with E-state index >= 15 is 0 Å². The van der Waals surface area contributed by atoms with Crippen molar-refractivity contribution in [3.63, 3.8) is 0 Å². The lowest BCUT2D eigenvalue weighted by molar-refractivity contribution is 0.0939. The zero-order valence-electron chi connectivity index (χ0n) is 14.4. The molecule has 1 saturated heterocycles. The molecule has 1 fully saturated rings. The van der Waals surface area contributed by atoms with E-state index in [4.69, 9.17) is 0 Å². The van der Waals surface area contributed by atoms with Gasteiger partial charge in [0.15, 0.2) is 0 Å². The van der Waals surface area contributed by atoms with Crippen molar-refractivity contribution in [2.75, 3.05) is 13.1 Å². The monoisotopic (exact) mass is 356 g/mol. The third kappa shape index (κ3) is 4.13. The maximum absolute atomic E-state index is 14.2. The van der Waals surface area contributed by atoms with Crippen LogP contribution in [0.15, 0.2) is 23.1 Å². The third-order valence-electron chi connectivity index (χ3n) is 4.54. The van der Waals surface area contributed by atoms with E-state index < -0.39 is 26.6 Å². The molecule has 24 heavy (non-hydrogen) atoms. The van der Waals surface area contributed by atoms with Gasteiger partial charge >= 0.3 is 0 Å². The number of halogens is 1. The van der Waals surface area contributed by atoms with E-state index in [2.05, 4.69) is 12.2 Å². The molecule has 1 aromatic rings. The van der Waals surface area contributed by atoms with Crippen molar-refractivity contribution in [2.45, 2.75) is 51.0 Å². The average molecular weight is 356 g/mol. The number of amides is 1. The van der Waals surface area contributed by atoms with Crippen molar-refractivity contribution in [1.82, 2.24) is 9.62 Å². The van der Waals surface area contributed by atoms with Crippen LogP contribution in [0.25, 0.3) is 0 Å². The normalized spacial score (nSPS) is 18.3. The van der Waals surface area contributed by atoms with E-state index in [-0.39, 0.29) is 11.6 Å². The first kappa shape index (κ1) is 18.9. The van der Waals surface area contributed by atoms with Crippen LogP contribution < -0.4 is 5.32 Å². The summed E-state index contributed by atoms with van der Waals surface area (Å²) in [7, 11) is -3.93. The first-order valence-corrected chi connectivity index (χ1v) is 9.80. The fourth-order valence-corrected chi connectivity index (χ4v) is 4.18. The second-order valence-electron chi connectivity index (χ2n) is 6.51. The van der Waals surface area contributed by atoms with Gasteiger partial charge in [0.05, 0.1) is 0 Å². The smallest absolute Gasteiger partial charge is 0.251 e. The predicted molar refractivity (Wildman–Crippen MR) is 90.8 cm³/mol. The summed E-state index contributed by atoms with van der Waals surface area (Å²) >= 11 is 0. The van der Waals surface area contributed by atoms with Crippen LogP contribution in [0.5, 0.6) is 0 Å². The maximum Gasteiger partial charge on any atom is 0.251 e.